The van der Waals surface area contributed by atoms with Gasteiger partial charge in [0, 0.05) is 24.2 Å². The number of benzene rings is 1. The van der Waals surface area contributed by atoms with E-state index in [0.717, 1.165) is 49.9 Å². The molecule has 146 valence electrons. The molecule has 0 spiro atoms. The summed E-state index contributed by atoms with van der Waals surface area (Å²) >= 11 is 0. The average Bonchev–Trinajstić information content (AvgIpc) is 3.16. The van der Waals surface area contributed by atoms with Gasteiger partial charge in [-0.3, -0.25) is 4.79 Å². The molecule has 1 aromatic rings. The van der Waals surface area contributed by atoms with Gasteiger partial charge in [-0.15, -0.1) is 0 Å². The highest BCUT2D eigenvalue weighted by Gasteiger charge is 2.51. The summed E-state index contributed by atoms with van der Waals surface area (Å²) in [6.07, 6.45) is 9.23. The fourth-order valence-electron chi connectivity index (χ4n) is 6.43. The van der Waals surface area contributed by atoms with Crippen LogP contribution in [0, 0.1) is 17.8 Å². The largest absolute Gasteiger partial charge is 0.347 e. The van der Waals surface area contributed by atoms with E-state index < -0.39 is 10.0 Å². The highest BCUT2D eigenvalue weighted by Crippen LogP contribution is 2.55. The van der Waals surface area contributed by atoms with Crippen molar-refractivity contribution in [2.24, 2.45) is 17.8 Å². The first-order chi connectivity index (χ1) is 12.9. The van der Waals surface area contributed by atoms with Crippen molar-refractivity contribution in [1.82, 2.24) is 9.62 Å². The minimum Gasteiger partial charge on any atom is -0.347 e. The van der Waals surface area contributed by atoms with Gasteiger partial charge in [0.1, 0.15) is 0 Å². The van der Waals surface area contributed by atoms with Gasteiger partial charge in [0.15, 0.2) is 0 Å². The maximum atomic E-state index is 12.9. The minimum atomic E-state index is -3.42. The normalized spacial score (nSPS) is 35.5. The second-order valence-corrected chi connectivity index (χ2v) is 11.2. The molecular formula is C21H28N2O3S. The first-order valence-electron chi connectivity index (χ1n) is 10.4. The summed E-state index contributed by atoms with van der Waals surface area (Å²) in [5.41, 5.74) is 0.540. The van der Waals surface area contributed by atoms with Crippen LogP contribution in [0.5, 0.6) is 0 Å². The van der Waals surface area contributed by atoms with Crippen LogP contribution in [-0.2, 0) is 10.0 Å². The van der Waals surface area contributed by atoms with Crippen LogP contribution in [0.15, 0.2) is 29.2 Å². The summed E-state index contributed by atoms with van der Waals surface area (Å²) in [4.78, 5) is 13.2. The summed E-state index contributed by atoms with van der Waals surface area (Å²) in [5, 5.41) is 3.36. The maximum absolute atomic E-state index is 12.9. The lowest BCUT2D eigenvalue weighted by Gasteiger charge is -2.56. The van der Waals surface area contributed by atoms with E-state index in [1.54, 1.807) is 24.3 Å². The van der Waals surface area contributed by atoms with Gasteiger partial charge in [-0.1, -0.05) is 0 Å². The zero-order valence-corrected chi connectivity index (χ0v) is 16.5. The summed E-state index contributed by atoms with van der Waals surface area (Å²) in [6, 6.07) is 6.50. The van der Waals surface area contributed by atoms with Gasteiger partial charge >= 0.3 is 0 Å². The van der Waals surface area contributed by atoms with Crippen LogP contribution in [0.4, 0.5) is 0 Å². The van der Waals surface area contributed by atoms with Gasteiger partial charge in [-0.25, -0.2) is 8.42 Å². The number of nitrogens with one attached hydrogen (secondary N) is 1. The van der Waals surface area contributed by atoms with Crippen molar-refractivity contribution >= 4 is 15.9 Å². The van der Waals surface area contributed by atoms with Crippen LogP contribution in [-0.4, -0.2) is 37.3 Å². The van der Waals surface area contributed by atoms with Gasteiger partial charge in [0.25, 0.3) is 5.91 Å². The van der Waals surface area contributed by atoms with Crippen LogP contribution in [0.1, 0.15) is 61.7 Å². The molecule has 1 aliphatic heterocycles. The van der Waals surface area contributed by atoms with Gasteiger partial charge in [-0.2, -0.15) is 4.31 Å². The molecule has 0 radical (unpaired) electrons. The van der Waals surface area contributed by atoms with Crippen LogP contribution in [0.25, 0.3) is 0 Å². The van der Waals surface area contributed by atoms with E-state index in [1.807, 2.05) is 0 Å². The second-order valence-electron chi connectivity index (χ2n) is 9.29. The third-order valence-electron chi connectivity index (χ3n) is 7.24. The maximum Gasteiger partial charge on any atom is 0.251 e. The monoisotopic (exact) mass is 388 g/mol. The Morgan fingerprint density at radius 1 is 0.926 bits per heavy atom. The van der Waals surface area contributed by atoms with E-state index in [0.29, 0.717) is 18.7 Å². The lowest BCUT2D eigenvalue weighted by atomic mass is 9.53. The Kier molecular flexibility index (Phi) is 4.13. The molecule has 0 unspecified atom stereocenters. The first kappa shape index (κ1) is 17.7. The lowest BCUT2D eigenvalue weighted by molar-refractivity contribution is -0.0167. The Balaban J connectivity index is 1.31. The molecule has 4 aliphatic carbocycles. The summed E-state index contributed by atoms with van der Waals surface area (Å²) < 4.78 is 26.8. The number of amides is 1. The predicted octanol–water partition coefficient (Wildman–Crippen LogP) is 3.17. The molecule has 5 fully saturated rings. The SMILES string of the molecule is O=C(NC12CC3CC(CC(C3)C1)C2)c1ccc(S(=O)(=O)N2CCCC2)cc1. The van der Waals surface area contributed by atoms with E-state index in [4.69, 9.17) is 0 Å². The fourth-order valence-corrected chi connectivity index (χ4v) is 7.95. The summed E-state index contributed by atoms with van der Waals surface area (Å²) in [6.45, 7) is 1.19. The van der Waals surface area contributed by atoms with Gasteiger partial charge in [0.2, 0.25) is 10.0 Å². The van der Waals surface area contributed by atoms with Crippen LogP contribution in [0.2, 0.25) is 0 Å². The molecule has 1 N–H and O–H groups in total. The zero-order valence-electron chi connectivity index (χ0n) is 15.7. The molecular weight excluding hydrogens is 360 g/mol. The number of hydrogen-bond donors (Lipinski definition) is 1. The third-order valence-corrected chi connectivity index (χ3v) is 9.15. The highest BCUT2D eigenvalue weighted by atomic mass is 32.2. The average molecular weight is 389 g/mol. The molecule has 5 aliphatic rings. The smallest absolute Gasteiger partial charge is 0.251 e. The van der Waals surface area contributed by atoms with Crippen molar-refractivity contribution in [3.05, 3.63) is 29.8 Å². The van der Waals surface area contributed by atoms with Crippen molar-refractivity contribution in [3.63, 3.8) is 0 Å². The van der Waals surface area contributed by atoms with Crippen molar-refractivity contribution < 1.29 is 13.2 Å². The van der Waals surface area contributed by atoms with Crippen LogP contribution < -0.4 is 5.32 Å². The van der Waals surface area contributed by atoms with Crippen molar-refractivity contribution in [2.45, 2.75) is 61.8 Å². The molecule has 0 atom stereocenters. The Morgan fingerprint density at radius 2 is 1.44 bits per heavy atom. The molecule has 4 saturated carbocycles. The molecule has 1 amide bonds. The van der Waals surface area contributed by atoms with E-state index in [9.17, 15) is 13.2 Å². The zero-order chi connectivity index (χ0) is 18.6. The Bertz CT molecular complexity index is 805. The number of rotatable bonds is 4. The van der Waals surface area contributed by atoms with Gasteiger partial charge in [0.05, 0.1) is 4.90 Å². The van der Waals surface area contributed by atoms with Crippen molar-refractivity contribution in [2.75, 3.05) is 13.1 Å². The molecule has 1 heterocycles. The number of carbonyl (C=O) groups excluding carboxylic acids is 1. The molecule has 6 rings (SSSR count). The van der Waals surface area contributed by atoms with Crippen molar-refractivity contribution in [3.8, 4) is 0 Å². The van der Waals surface area contributed by atoms with E-state index in [-0.39, 0.29) is 16.3 Å². The molecule has 1 aromatic carbocycles. The second kappa shape index (κ2) is 6.31. The molecule has 1 saturated heterocycles. The van der Waals surface area contributed by atoms with Crippen LogP contribution >= 0.6 is 0 Å². The van der Waals surface area contributed by atoms with Gasteiger partial charge < -0.3 is 5.32 Å². The quantitative estimate of drug-likeness (QED) is 0.861. The standard InChI is InChI=1S/C21H28N2O3S/c24-20(22-21-12-15-9-16(13-21)11-17(10-15)14-21)18-3-5-19(6-4-18)27(25,26)23-7-1-2-8-23/h3-6,15-17H,1-2,7-14H2,(H,22,24). The number of sulfonamides is 1. The van der Waals surface area contributed by atoms with Crippen molar-refractivity contribution in [1.29, 1.82) is 0 Å². The Morgan fingerprint density at radius 3 is 1.96 bits per heavy atom. The Hall–Kier alpha value is -1.40. The fraction of sp³-hybridized carbons (Fsp3) is 0.667. The lowest BCUT2D eigenvalue weighted by Crippen LogP contribution is -2.59. The summed E-state index contributed by atoms with van der Waals surface area (Å²) in [7, 11) is -3.42. The topological polar surface area (TPSA) is 66.5 Å². The molecule has 6 heteroatoms. The minimum absolute atomic E-state index is 0.0217. The van der Waals surface area contributed by atoms with E-state index in [2.05, 4.69) is 5.32 Å². The number of carbonyl (C=O) groups is 1. The number of hydrogen-bond acceptors (Lipinski definition) is 3. The Labute approximate surface area is 161 Å². The summed E-state index contributed by atoms with van der Waals surface area (Å²) in [5.74, 6) is 2.29. The molecule has 27 heavy (non-hydrogen) atoms. The molecule has 0 aromatic heterocycles. The van der Waals surface area contributed by atoms with Crippen LogP contribution in [0.3, 0.4) is 0 Å². The molecule has 5 nitrogen and oxygen atoms in total. The molecule has 4 bridgehead atoms. The number of nitrogens with zero attached hydrogens (tertiary/aromatic N) is 1. The third kappa shape index (κ3) is 3.11. The highest BCUT2D eigenvalue weighted by molar-refractivity contribution is 7.89. The first-order valence-corrected chi connectivity index (χ1v) is 11.8. The van der Waals surface area contributed by atoms with Gasteiger partial charge in [-0.05, 0) is 93.4 Å². The van der Waals surface area contributed by atoms with E-state index in [1.165, 1.54) is 23.6 Å². The predicted molar refractivity (Wildman–Crippen MR) is 103 cm³/mol. The van der Waals surface area contributed by atoms with E-state index >= 15 is 0 Å².